The van der Waals surface area contributed by atoms with Crippen molar-refractivity contribution in [2.45, 2.75) is 51.9 Å². The third-order valence-corrected chi connectivity index (χ3v) is 3.91. The smallest absolute Gasteiger partial charge is 0.0608 e. The number of hydrogen-bond donors (Lipinski definition) is 0. The average Bonchev–Trinajstić information content (AvgIpc) is 2.23. The van der Waals surface area contributed by atoms with E-state index in [-0.39, 0.29) is 0 Å². The Hall–Kier alpha value is -0.120. The second-order valence-corrected chi connectivity index (χ2v) is 5.40. The Morgan fingerprint density at radius 3 is 2.25 bits per heavy atom. The lowest BCUT2D eigenvalue weighted by atomic mass is 9.87. The minimum Gasteiger partial charge on any atom is -0.375 e. The van der Waals surface area contributed by atoms with Gasteiger partial charge >= 0.3 is 0 Å². The Bertz CT molecular complexity index is 206. The standard InChI is InChI=1S/C13H26N2O/c1-4-14-5-7-15(8-6-14)12-9-13(10-12)16-11(2)3/h11-13H,4-10H2,1-3H3. The molecule has 1 aliphatic carbocycles. The van der Waals surface area contributed by atoms with Crippen LogP contribution in [0.2, 0.25) is 0 Å². The molecule has 1 aliphatic heterocycles. The Morgan fingerprint density at radius 2 is 1.75 bits per heavy atom. The first-order valence-corrected chi connectivity index (χ1v) is 6.81. The Labute approximate surface area is 99.7 Å². The maximum Gasteiger partial charge on any atom is 0.0608 e. The van der Waals surface area contributed by atoms with Crippen molar-refractivity contribution in [3.63, 3.8) is 0 Å². The number of nitrogens with zero attached hydrogens (tertiary/aromatic N) is 2. The van der Waals surface area contributed by atoms with Crippen LogP contribution < -0.4 is 0 Å². The Morgan fingerprint density at radius 1 is 1.12 bits per heavy atom. The molecule has 0 atom stereocenters. The average molecular weight is 226 g/mol. The van der Waals surface area contributed by atoms with Gasteiger partial charge in [0.15, 0.2) is 0 Å². The summed E-state index contributed by atoms with van der Waals surface area (Å²) in [6.45, 7) is 12.7. The van der Waals surface area contributed by atoms with Crippen LogP contribution in [-0.4, -0.2) is 60.8 Å². The van der Waals surface area contributed by atoms with Crippen LogP contribution in [0.3, 0.4) is 0 Å². The fraction of sp³-hybridized carbons (Fsp3) is 1.00. The molecule has 0 aromatic carbocycles. The van der Waals surface area contributed by atoms with Crippen LogP contribution in [0.15, 0.2) is 0 Å². The molecule has 2 rings (SSSR count). The van der Waals surface area contributed by atoms with E-state index in [0.717, 1.165) is 6.04 Å². The van der Waals surface area contributed by atoms with Gasteiger partial charge in [0.1, 0.15) is 0 Å². The highest BCUT2D eigenvalue weighted by atomic mass is 16.5. The van der Waals surface area contributed by atoms with E-state index >= 15 is 0 Å². The lowest BCUT2D eigenvalue weighted by Gasteiger charge is -2.46. The molecule has 0 aromatic heterocycles. The van der Waals surface area contributed by atoms with Gasteiger partial charge in [0, 0.05) is 32.2 Å². The zero-order valence-corrected chi connectivity index (χ0v) is 11.0. The quantitative estimate of drug-likeness (QED) is 0.724. The van der Waals surface area contributed by atoms with Crippen LogP contribution in [0.25, 0.3) is 0 Å². The minimum atomic E-state index is 0.392. The summed E-state index contributed by atoms with van der Waals surface area (Å²) in [6, 6.07) is 0.808. The summed E-state index contributed by atoms with van der Waals surface area (Å²) in [5.74, 6) is 0. The lowest BCUT2D eigenvalue weighted by Crippen LogP contribution is -2.55. The second kappa shape index (κ2) is 5.48. The number of rotatable bonds is 4. The summed E-state index contributed by atoms with van der Waals surface area (Å²) < 4.78 is 5.81. The molecule has 0 bridgehead atoms. The van der Waals surface area contributed by atoms with E-state index in [4.69, 9.17) is 4.74 Å². The summed E-state index contributed by atoms with van der Waals surface area (Å²) >= 11 is 0. The first kappa shape index (κ1) is 12.3. The molecule has 0 unspecified atom stereocenters. The monoisotopic (exact) mass is 226 g/mol. The van der Waals surface area contributed by atoms with Gasteiger partial charge < -0.3 is 9.64 Å². The maximum atomic E-state index is 5.81. The van der Waals surface area contributed by atoms with Crippen molar-refractivity contribution >= 4 is 0 Å². The molecular weight excluding hydrogens is 200 g/mol. The van der Waals surface area contributed by atoms with Crippen LogP contribution in [0.4, 0.5) is 0 Å². The van der Waals surface area contributed by atoms with Crippen LogP contribution in [0.5, 0.6) is 0 Å². The minimum absolute atomic E-state index is 0.392. The highest BCUT2D eigenvalue weighted by molar-refractivity contribution is 4.90. The molecule has 0 radical (unpaired) electrons. The predicted octanol–water partition coefficient (Wildman–Crippen LogP) is 1.58. The zero-order valence-electron chi connectivity index (χ0n) is 11.0. The van der Waals surface area contributed by atoms with E-state index in [0.29, 0.717) is 12.2 Å². The van der Waals surface area contributed by atoms with Gasteiger partial charge in [0.25, 0.3) is 0 Å². The predicted molar refractivity (Wildman–Crippen MR) is 66.7 cm³/mol. The van der Waals surface area contributed by atoms with Crippen LogP contribution in [0, 0.1) is 0 Å². The van der Waals surface area contributed by atoms with Crippen molar-refractivity contribution in [2.24, 2.45) is 0 Å². The van der Waals surface area contributed by atoms with Crippen LogP contribution in [0.1, 0.15) is 33.6 Å². The number of likely N-dealkylation sites (N-methyl/N-ethyl adjacent to an activating group) is 1. The lowest BCUT2D eigenvalue weighted by molar-refractivity contribution is -0.0829. The van der Waals surface area contributed by atoms with E-state index < -0.39 is 0 Å². The molecular formula is C13H26N2O. The van der Waals surface area contributed by atoms with Gasteiger partial charge in [0.2, 0.25) is 0 Å². The molecule has 1 heterocycles. The van der Waals surface area contributed by atoms with Gasteiger partial charge in [-0.1, -0.05) is 6.92 Å². The van der Waals surface area contributed by atoms with Gasteiger partial charge in [-0.15, -0.1) is 0 Å². The number of ether oxygens (including phenoxy) is 1. The molecule has 0 amide bonds. The van der Waals surface area contributed by atoms with Gasteiger partial charge in [-0.05, 0) is 33.2 Å². The molecule has 0 aromatic rings. The largest absolute Gasteiger partial charge is 0.375 e. The van der Waals surface area contributed by atoms with Crippen LogP contribution >= 0.6 is 0 Å². The van der Waals surface area contributed by atoms with Crippen molar-refractivity contribution < 1.29 is 4.74 Å². The molecule has 0 spiro atoms. The number of hydrogen-bond acceptors (Lipinski definition) is 3. The topological polar surface area (TPSA) is 15.7 Å². The molecule has 94 valence electrons. The highest BCUT2D eigenvalue weighted by Crippen LogP contribution is 2.29. The molecule has 1 saturated heterocycles. The summed E-state index contributed by atoms with van der Waals surface area (Å²) in [7, 11) is 0. The third-order valence-electron chi connectivity index (χ3n) is 3.91. The zero-order chi connectivity index (χ0) is 11.5. The van der Waals surface area contributed by atoms with Gasteiger partial charge in [-0.2, -0.15) is 0 Å². The molecule has 0 N–H and O–H groups in total. The number of piperazine rings is 1. The fourth-order valence-corrected chi connectivity index (χ4v) is 2.78. The van der Waals surface area contributed by atoms with E-state index in [9.17, 15) is 0 Å². The molecule has 16 heavy (non-hydrogen) atoms. The first-order chi connectivity index (χ1) is 7.69. The van der Waals surface area contributed by atoms with Crippen molar-refractivity contribution in [3.8, 4) is 0 Å². The van der Waals surface area contributed by atoms with E-state index in [1.807, 2.05) is 0 Å². The summed E-state index contributed by atoms with van der Waals surface area (Å²) in [5, 5.41) is 0. The van der Waals surface area contributed by atoms with Crippen molar-refractivity contribution in [1.82, 2.24) is 9.80 Å². The van der Waals surface area contributed by atoms with Gasteiger partial charge in [-0.3, -0.25) is 4.90 Å². The van der Waals surface area contributed by atoms with Crippen molar-refractivity contribution in [2.75, 3.05) is 32.7 Å². The highest BCUT2D eigenvalue weighted by Gasteiger charge is 2.35. The summed E-state index contributed by atoms with van der Waals surface area (Å²) in [4.78, 5) is 5.20. The fourth-order valence-electron chi connectivity index (χ4n) is 2.78. The Kier molecular flexibility index (Phi) is 4.22. The first-order valence-electron chi connectivity index (χ1n) is 6.81. The SMILES string of the molecule is CCN1CCN(C2CC(OC(C)C)C2)CC1. The third kappa shape index (κ3) is 2.96. The van der Waals surface area contributed by atoms with Crippen molar-refractivity contribution in [1.29, 1.82) is 0 Å². The second-order valence-electron chi connectivity index (χ2n) is 5.40. The molecule has 3 nitrogen and oxygen atoms in total. The molecule has 2 aliphatic rings. The molecule has 1 saturated carbocycles. The maximum absolute atomic E-state index is 5.81. The Balaban J connectivity index is 1.65. The van der Waals surface area contributed by atoms with Crippen LogP contribution in [-0.2, 0) is 4.74 Å². The summed E-state index contributed by atoms with van der Waals surface area (Å²) in [5.41, 5.74) is 0. The van der Waals surface area contributed by atoms with E-state index in [1.54, 1.807) is 0 Å². The molecule has 2 fully saturated rings. The van der Waals surface area contributed by atoms with Gasteiger partial charge in [-0.25, -0.2) is 0 Å². The van der Waals surface area contributed by atoms with E-state index in [2.05, 4.69) is 30.6 Å². The van der Waals surface area contributed by atoms with E-state index in [1.165, 1.54) is 45.6 Å². The van der Waals surface area contributed by atoms with Gasteiger partial charge in [0.05, 0.1) is 12.2 Å². The normalized spacial score (nSPS) is 33.0. The summed E-state index contributed by atoms with van der Waals surface area (Å²) in [6.07, 6.45) is 3.44. The van der Waals surface area contributed by atoms with Crippen molar-refractivity contribution in [3.05, 3.63) is 0 Å². The molecule has 3 heteroatoms.